The predicted octanol–water partition coefficient (Wildman–Crippen LogP) is 3.33. The molecule has 0 unspecified atom stereocenters. The van der Waals surface area contributed by atoms with Gasteiger partial charge in [0.1, 0.15) is 12.4 Å². The summed E-state index contributed by atoms with van der Waals surface area (Å²) in [5.74, 6) is 0.181. The van der Waals surface area contributed by atoms with E-state index in [1.54, 1.807) is 19.1 Å². The van der Waals surface area contributed by atoms with Crippen molar-refractivity contribution < 1.29 is 22.7 Å². The zero-order valence-electron chi connectivity index (χ0n) is 14.5. The van der Waals surface area contributed by atoms with Gasteiger partial charge in [-0.3, -0.25) is 0 Å². The highest BCUT2D eigenvalue weighted by molar-refractivity contribution is 9.10. The third-order valence-electron chi connectivity index (χ3n) is 3.55. The maximum Gasteiger partial charge on any atom is 0.338 e. The number of likely N-dealkylation sites (N-methyl/N-ethyl adjacent to an activating group) is 1. The van der Waals surface area contributed by atoms with Crippen molar-refractivity contribution in [2.24, 2.45) is 0 Å². The van der Waals surface area contributed by atoms with Crippen molar-refractivity contribution in [3.63, 3.8) is 0 Å². The maximum absolute atomic E-state index is 12.7. The quantitative estimate of drug-likeness (QED) is 0.587. The Morgan fingerprint density at radius 2 is 1.85 bits per heavy atom. The molecule has 0 aliphatic rings. The van der Waals surface area contributed by atoms with E-state index in [2.05, 4.69) is 15.9 Å². The summed E-state index contributed by atoms with van der Waals surface area (Å²) in [6, 6.07) is 13.4. The smallest absolute Gasteiger partial charge is 0.338 e. The predicted molar refractivity (Wildman–Crippen MR) is 102 cm³/mol. The van der Waals surface area contributed by atoms with Gasteiger partial charge in [-0.1, -0.05) is 18.2 Å². The van der Waals surface area contributed by atoms with Crippen LogP contribution in [0.15, 0.2) is 57.9 Å². The number of nitrogens with zero attached hydrogens (tertiary/aromatic N) is 1. The van der Waals surface area contributed by atoms with Crippen molar-refractivity contribution >= 4 is 31.9 Å². The third-order valence-corrected chi connectivity index (χ3v) is 6.38. The first-order valence-corrected chi connectivity index (χ1v) is 10.2. The summed E-state index contributed by atoms with van der Waals surface area (Å²) in [5.41, 5.74) is 0.285. The van der Waals surface area contributed by atoms with Crippen molar-refractivity contribution in [1.82, 2.24) is 4.31 Å². The van der Waals surface area contributed by atoms with Crippen LogP contribution in [0.4, 0.5) is 0 Å². The Labute approximate surface area is 161 Å². The number of rotatable bonds is 8. The third kappa shape index (κ3) is 5.06. The Balaban J connectivity index is 2.07. The normalized spacial score (nSPS) is 11.4. The molecule has 0 saturated heterocycles. The molecule has 0 aromatic heterocycles. The fourth-order valence-corrected chi connectivity index (χ4v) is 4.34. The summed E-state index contributed by atoms with van der Waals surface area (Å²) in [6.45, 7) is 2.36. The number of esters is 1. The van der Waals surface area contributed by atoms with Crippen molar-refractivity contribution in [3.05, 3.63) is 58.6 Å². The lowest BCUT2D eigenvalue weighted by Gasteiger charge is -2.18. The summed E-state index contributed by atoms with van der Waals surface area (Å²) in [5, 5.41) is 0. The Bertz CT molecular complexity index is 855. The molecule has 2 rings (SSSR count). The molecule has 0 amide bonds. The highest BCUT2D eigenvalue weighted by Gasteiger charge is 2.24. The molecule has 6 nitrogen and oxygen atoms in total. The molecule has 8 heteroatoms. The fourth-order valence-electron chi connectivity index (χ4n) is 2.15. The van der Waals surface area contributed by atoms with Gasteiger partial charge in [-0.25, -0.2) is 13.2 Å². The molecule has 0 N–H and O–H groups in total. The van der Waals surface area contributed by atoms with Crippen LogP contribution >= 0.6 is 15.9 Å². The van der Waals surface area contributed by atoms with Gasteiger partial charge in [0.05, 0.1) is 17.1 Å². The Morgan fingerprint density at radius 3 is 2.46 bits per heavy atom. The van der Waals surface area contributed by atoms with Crippen molar-refractivity contribution in [1.29, 1.82) is 0 Å². The molecule has 0 heterocycles. The first kappa shape index (κ1) is 20.4. The van der Waals surface area contributed by atoms with E-state index in [9.17, 15) is 13.2 Å². The lowest BCUT2D eigenvalue weighted by atomic mass is 10.2. The number of hydrogen-bond donors (Lipinski definition) is 0. The zero-order chi connectivity index (χ0) is 19.2. The highest BCUT2D eigenvalue weighted by Crippen LogP contribution is 2.26. The second kappa shape index (κ2) is 9.16. The molecule has 0 spiro atoms. The van der Waals surface area contributed by atoms with E-state index in [1.165, 1.54) is 29.6 Å². The van der Waals surface area contributed by atoms with Crippen molar-refractivity contribution in [2.45, 2.75) is 11.8 Å². The average molecular weight is 442 g/mol. The van der Waals surface area contributed by atoms with E-state index >= 15 is 0 Å². The number of para-hydroxylation sites is 1. The van der Waals surface area contributed by atoms with Crippen LogP contribution in [0.5, 0.6) is 5.75 Å². The van der Waals surface area contributed by atoms with Crippen LogP contribution in [0.25, 0.3) is 0 Å². The van der Waals surface area contributed by atoms with Crippen LogP contribution in [-0.4, -0.2) is 45.5 Å². The van der Waals surface area contributed by atoms with Crippen LogP contribution in [-0.2, 0) is 14.8 Å². The fraction of sp³-hybridized carbons (Fsp3) is 0.278. The largest absolute Gasteiger partial charge is 0.492 e. The maximum atomic E-state index is 12.7. The van der Waals surface area contributed by atoms with Crippen molar-refractivity contribution in [2.75, 3.05) is 26.8 Å². The molecule has 2 aromatic rings. The van der Waals surface area contributed by atoms with E-state index in [0.29, 0.717) is 10.2 Å². The van der Waals surface area contributed by atoms with Gasteiger partial charge in [0.15, 0.2) is 0 Å². The first-order chi connectivity index (χ1) is 12.4. The standard InChI is InChI=1S/C18H20BrNO5S/c1-3-24-18(21)14-9-10-17(16(19)13-14)26(22,23)20(2)11-12-25-15-7-5-4-6-8-15/h4-10,13H,3,11-12H2,1-2H3. The summed E-state index contributed by atoms with van der Waals surface area (Å²) < 4.78 is 37.4. The first-order valence-electron chi connectivity index (χ1n) is 7.97. The van der Waals surface area contributed by atoms with Crippen LogP contribution in [0.3, 0.4) is 0 Å². The lowest BCUT2D eigenvalue weighted by molar-refractivity contribution is 0.0526. The molecule has 2 aromatic carbocycles. The Morgan fingerprint density at radius 1 is 1.15 bits per heavy atom. The van der Waals surface area contributed by atoms with Crippen LogP contribution in [0.1, 0.15) is 17.3 Å². The minimum absolute atomic E-state index is 0.0766. The number of hydrogen-bond acceptors (Lipinski definition) is 5. The van der Waals surface area contributed by atoms with Gasteiger partial charge in [-0.15, -0.1) is 0 Å². The Kier molecular flexibility index (Phi) is 7.19. The number of carbonyl (C=O) groups excluding carboxylic acids is 1. The number of sulfonamides is 1. The van der Waals surface area contributed by atoms with Crippen LogP contribution < -0.4 is 4.74 Å². The molecular formula is C18H20BrNO5S. The SMILES string of the molecule is CCOC(=O)c1ccc(S(=O)(=O)N(C)CCOc2ccccc2)c(Br)c1. The van der Waals surface area contributed by atoms with Crippen molar-refractivity contribution in [3.8, 4) is 5.75 Å². The average Bonchev–Trinajstić information content (AvgIpc) is 2.62. The molecule has 0 atom stereocenters. The second-order valence-electron chi connectivity index (χ2n) is 5.35. The molecule has 0 saturated carbocycles. The second-order valence-corrected chi connectivity index (χ2v) is 8.22. The summed E-state index contributed by atoms with van der Waals surface area (Å²) >= 11 is 3.23. The molecule has 0 bridgehead atoms. The molecule has 0 radical (unpaired) electrons. The van der Waals surface area contributed by atoms with Gasteiger partial charge in [0.25, 0.3) is 0 Å². The van der Waals surface area contributed by atoms with Gasteiger partial charge in [-0.2, -0.15) is 4.31 Å². The highest BCUT2D eigenvalue weighted by atomic mass is 79.9. The van der Waals surface area contributed by atoms with Gasteiger partial charge in [0, 0.05) is 18.1 Å². The van der Waals surface area contributed by atoms with Crippen LogP contribution in [0, 0.1) is 0 Å². The Hall–Kier alpha value is -1.90. The van der Waals surface area contributed by atoms with Gasteiger partial charge >= 0.3 is 5.97 Å². The lowest BCUT2D eigenvalue weighted by Crippen LogP contribution is -2.31. The summed E-state index contributed by atoms with van der Waals surface area (Å²) in [4.78, 5) is 11.8. The van der Waals surface area contributed by atoms with Gasteiger partial charge in [-0.05, 0) is 53.2 Å². The van der Waals surface area contributed by atoms with E-state index in [1.807, 2.05) is 18.2 Å². The van der Waals surface area contributed by atoms with Gasteiger partial charge in [0.2, 0.25) is 10.0 Å². The minimum Gasteiger partial charge on any atom is -0.492 e. The number of carbonyl (C=O) groups is 1. The minimum atomic E-state index is -3.72. The van der Waals surface area contributed by atoms with Crippen LogP contribution in [0.2, 0.25) is 0 Å². The van der Waals surface area contributed by atoms with E-state index in [0.717, 1.165) is 0 Å². The number of ether oxygens (including phenoxy) is 2. The van der Waals surface area contributed by atoms with E-state index in [-0.39, 0.29) is 30.2 Å². The zero-order valence-corrected chi connectivity index (χ0v) is 16.9. The number of benzene rings is 2. The molecular weight excluding hydrogens is 422 g/mol. The summed E-state index contributed by atoms with van der Waals surface area (Å²) in [7, 11) is -2.24. The molecule has 0 aliphatic carbocycles. The summed E-state index contributed by atoms with van der Waals surface area (Å²) in [6.07, 6.45) is 0. The van der Waals surface area contributed by atoms with Gasteiger partial charge < -0.3 is 9.47 Å². The monoisotopic (exact) mass is 441 g/mol. The van der Waals surface area contributed by atoms with E-state index < -0.39 is 16.0 Å². The molecule has 0 aliphatic heterocycles. The molecule has 26 heavy (non-hydrogen) atoms. The molecule has 0 fully saturated rings. The topological polar surface area (TPSA) is 72.9 Å². The van der Waals surface area contributed by atoms with E-state index in [4.69, 9.17) is 9.47 Å². The number of halogens is 1. The molecule has 140 valence electrons.